The molecule has 3 aromatic rings. The van der Waals surface area contributed by atoms with Gasteiger partial charge in [0.25, 0.3) is 11.8 Å². The molecule has 0 saturated heterocycles. The molecule has 9 heteroatoms. The van der Waals surface area contributed by atoms with E-state index < -0.39 is 11.9 Å². The fraction of sp³-hybridized carbons (Fsp3) is 0.276. The van der Waals surface area contributed by atoms with Crippen LogP contribution in [0.15, 0.2) is 76.3 Å². The summed E-state index contributed by atoms with van der Waals surface area (Å²) in [5.74, 6) is 0.832. The van der Waals surface area contributed by atoms with Crippen molar-refractivity contribution in [2.24, 2.45) is 11.0 Å². The van der Waals surface area contributed by atoms with Crippen LogP contribution in [0.5, 0.6) is 17.2 Å². The summed E-state index contributed by atoms with van der Waals surface area (Å²) < 4.78 is 17.6. The van der Waals surface area contributed by atoms with Gasteiger partial charge in [0.05, 0.1) is 24.4 Å². The first-order chi connectivity index (χ1) is 18.3. The number of hydrogen-bond donors (Lipinski definition) is 2. The van der Waals surface area contributed by atoms with E-state index in [-0.39, 0.29) is 11.8 Å². The van der Waals surface area contributed by atoms with Crippen LogP contribution in [0.1, 0.15) is 42.3 Å². The normalized spacial score (nSPS) is 11.7. The lowest BCUT2D eigenvalue weighted by Gasteiger charge is -2.20. The quantitative estimate of drug-likeness (QED) is 0.222. The molecule has 2 amide bonds. The first kappa shape index (κ1) is 28.7. The average Bonchev–Trinajstić information content (AvgIpc) is 2.91. The van der Waals surface area contributed by atoms with E-state index in [4.69, 9.17) is 14.2 Å². The summed E-state index contributed by atoms with van der Waals surface area (Å²) in [6.07, 6.45) is 1.51. The Morgan fingerprint density at radius 3 is 2.37 bits per heavy atom. The molecular formula is C29H32BrN3O5. The maximum absolute atomic E-state index is 12.8. The largest absolute Gasteiger partial charge is 0.497 e. The smallest absolute Gasteiger partial charge is 0.262 e. The molecule has 200 valence electrons. The van der Waals surface area contributed by atoms with Gasteiger partial charge in [0.15, 0.2) is 11.5 Å². The molecular weight excluding hydrogens is 550 g/mol. The second-order valence-corrected chi connectivity index (χ2v) is 9.55. The van der Waals surface area contributed by atoms with Gasteiger partial charge in [0.1, 0.15) is 18.4 Å². The standard InChI is InChI=1S/C29H32BrN3O5/c1-5-37-25-16-21(15-24(30)27(25)38-18-20-9-7-6-8-10-20)17-31-33-29(35)26(19(2)3)32-28(34)22-11-13-23(36-4)14-12-22/h6-17,19,26H,5,18H2,1-4H3,(H,32,34)(H,33,35). The highest BCUT2D eigenvalue weighted by molar-refractivity contribution is 9.10. The zero-order valence-electron chi connectivity index (χ0n) is 21.9. The molecule has 0 heterocycles. The van der Waals surface area contributed by atoms with Crippen molar-refractivity contribution in [3.63, 3.8) is 0 Å². The van der Waals surface area contributed by atoms with Crippen LogP contribution in [0, 0.1) is 5.92 Å². The topological polar surface area (TPSA) is 98.2 Å². The Bertz CT molecular complexity index is 1250. The minimum absolute atomic E-state index is 0.160. The van der Waals surface area contributed by atoms with Gasteiger partial charge in [0, 0.05) is 5.56 Å². The van der Waals surface area contributed by atoms with Gasteiger partial charge in [-0.15, -0.1) is 0 Å². The Morgan fingerprint density at radius 2 is 1.74 bits per heavy atom. The van der Waals surface area contributed by atoms with Crippen molar-refractivity contribution in [3.05, 3.63) is 87.9 Å². The van der Waals surface area contributed by atoms with Gasteiger partial charge in [-0.05, 0) is 76.3 Å². The van der Waals surface area contributed by atoms with Crippen molar-refractivity contribution in [1.82, 2.24) is 10.7 Å². The highest BCUT2D eigenvalue weighted by Crippen LogP contribution is 2.37. The predicted octanol–water partition coefficient (Wildman–Crippen LogP) is 5.34. The zero-order chi connectivity index (χ0) is 27.5. The molecule has 3 aromatic carbocycles. The summed E-state index contributed by atoms with van der Waals surface area (Å²) in [5, 5.41) is 6.88. The van der Waals surface area contributed by atoms with Crippen molar-refractivity contribution < 1.29 is 23.8 Å². The highest BCUT2D eigenvalue weighted by Gasteiger charge is 2.24. The van der Waals surface area contributed by atoms with E-state index in [0.29, 0.717) is 46.1 Å². The maximum Gasteiger partial charge on any atom is 0.262 e. The van der Waals surface area contributed by atoms with E-state index in [9.17, 15) is 9.59 Å². The van der Waals surface area contributed by atoms with Crippen LogP contribution in [-0.2, 0) is 11.4 Å². The van der Waals surface area contributed by atoms with E-state index in [1.807, 2.05) is 57.2 Å². The van der Waals surface area contributed by atoms with Gasteiger partial charge in [-0.25, -0.2) is 5.43 Å². The van der Waals surface area contributed by atoms with Crippen molar-refractivity contribution in [3.8, 4) is 17.2 Å². The fourth-order valence-corrected chi connectivity index (χ4v) is 4.11. The molecule has 0 radical (unpaired) electrons. The zero-order valence-corrected chi connectivity index (χ0v) is 23.4. The number of methoxy groups -OCH3 is 1. The molecule has 38 heavy (non-hydrogen) atoms. The SMILES string of the molecule is CCOc1cc(C=NNC(=O)C(NC(=O)c2ccc(OC)cc2)C(C)C)cc(Br)c1OCc1ccccc1. The summed E-state index contributed by atoms with van der Waals surface area (Å²) in [4.78, 5) is 25.5. The molecule has 8 nitrogen and oxygen atoms in total. The molecule has 0 aliphatic heterocycles. The molecule has 0 bridgehead atoms. The molecule has 0 aromatic heterocycles. The Labute approximate surface area is 231 Å². The summed E-state index contributed by atoms with van der Waals surface area (Å²) >= 11 is 3.55. The Morgan fingerprint density at radius 1 is 1.03 bits per heavy atom. The number of hydrazone groups is 1. The first-order valence-electron chi connectivity index (χ1n) is 12.2. The van der Waals surface area contributed by atoms with Crippen molar-refractivity contribution >= 4 is 34.0 Å². The van der Waals surface area contributed by atoms with Gasteiger partial charge in [-0.3, -0.25) is 9.59 Å². The number of amides is 2. The van der Waals surface area contributed by atoms with Crippen molar-refractivity contribution in [1.29, 1.82) is 0 Å². The monoisotopic (exact) mass is 581 g/mol. The minimum atomic E-state index is -0.777. The van der Waals surface area contributed by atoms with E-state index >= 15 is 0 Å². The molecule has 1 atom stereocenters. The second-order valence-electron chi connectivity index (χ2n) is 8.70. The fourth-order valence-electron chi connectivity index (χ4n) is 3.54. The van der Waals surface area contributed by atoms with E-state index in [0.717, 1.165) is 5.56 Å². The van der Waals surface area contributed by atoms with Gasteiger partial charge in [-0.1, -0.05) is 44.2 Å². The number of rotatable bonds is 12. The molecule has 0 aliphatic rings. The van der Waals surface area contributed by atoms with E-state index in [1.54, 1.807) is 37.4 Å². The number of halogens is 1. The minimum Gasteiger partial charge on any atom is -0.497 e. The number of hydrogen-bond acceptors (Lipinski definition) is 6. The summed E-state index contributed by atoms with van der Waals surface area (Å²) in [6, 6.07) is 19.3. The van der Waals surface area contributed by atoms with Crippen LogP contribution < -0.4 is 25.0 Å². The molecule has 0 spiro atoms. The third-order valence-electron chi connectivity index (χ3n) is 5.53. The number of ether oxygens (including phenoxy) is 3. The van der Waals surface area contributed by atoms with Gasteiger partial charge in [0.2, 0.25) is 0 Å². The molecule has 0 fully saturated rings. The number of benzene rings is 3. The third kappa shape index (κ3) is 8.08. The maximum atomic E-state index is 12.8. The average molecular weight is 582 g/mol. The van der Waals surface area contributed by atoms with Gasteiger partial charge < -0.3 is 19.5 Å². The molecule has 0 saturated carbocycles. The number of nitrogens with zero attached hydrogens (tertiary/aromatic N) is 1. The van der Waals surface area contributed by atoms with Crippen LogP contribution >= 0.6 is 15.9 Å². The molecule has 1 unspecified atom stereocenters. The Kier molecular flexibility index (Phi) is 10.7. The van der Waals surface area contributed by atoms with Gasteiger partial charge in [-0.2, -0.15) is 5.10 Å². The Hall–Kier alpha value is -3.85. The third-order valence-corrected chi connectivity index (χ3v) is 6.12. The van der Waals surface area contributed by atoms with Gasteiger partial charge >= 0.3 is 0 Å². The second kappa shape index (κ2) is 14.2. The summed E-state index contributed by atoms with van der Waals surface area (Å²) in [6.45, 7) is 6.43. The number of carbonyl (C=O) groups excluding carboxylic acids is 2. The van der Waals surface area contributed by atoms with Crippen molar-refractivity contribution in [2.75, 3.05) is 13.7 Å². The number of carbonyl (C=O) groups is 2. The van der Waals surface area contributed by atoms with Crippen LogP contribution in [0.4, 0.5) is 0 Å². The van der Waals surface area contributed by atoms with Crippen LogP contribution in [0.2, 0.25) is 0 Å². The van der Waals surface area contributed by atoms with E-state index in [2.05, 4.69) is 31.8 Å². The van der Waals surface area contributed by atoms with Crippen LogP contribution in [0.3, 0.4) is 0 Å². The van der Waals surface area contributed by atoms with Crippen LogP contribution in [-0.4, -0.2) is 37.8 Å². The summed E-state index contributed by atoms with van der Waals surface area (Å²) in [5.41, 5.74) is 4.68. The molecule has 3 rings (SSSR count). The lowest BCUT2D eigenvalue weighted by Crippen LogP contribution is -2.48. The van der Waals surface area contributed by atoms with E-state index in [1.165, 1.54) is 6.21 Å². The van der Waals surface area contributed by atoms with Crippen molar-refractivity contribution in [2.45, 2.75) is 33.4 Å². The highest BCUT2D eigenvalue weighted by atomic mass is 79.9. The molecule has 0 aliphatic carbocycles. The lowest BCUT2D eigenvalue weighted by atomic mass is 10.0. The lowest BCUT2D eigenvalue weighted by molar-refractivity contribution is -0.123. The first-order valence-corrected chi connectivity index (χ1v) is 13.0. The Balaban J connectivity index is 1.67. The number of nitrogens with one attached hydrogen (secondary N) is 2. The van der Waals surface area contributed by atoms with Crippen LogP contribution in [0.25, 0.3) is 0 Å². The predicted molar refractivity (Wildman–Crippen MR) is 151 cm³/mol. The molecule has 2 N–H and O–H groups in total. The summed E-state index contributed by atoms with van der Waals surface area (Å²) in [7, 11) is 1.55.